The van der Waals surface area contributed by atoms with Crippen LogP contribution in [0.2, 0.25) is 0 Å². The van der Waals surface area contributed by atoms with Gasteiger partial charge in [-0.3, -0.25) is 4.90 Å². The van der Waals surface area contributed by atoms with Crippen molar-refractivity contribution in [1.29, 1.82) is 0 Å². The summed E-state index contributed by atoms with van der Waals surface area (Å²) in [6.07, 6.45) is 14.6. The summed E-state index contributed by atoms with van der Waals surface area (Å²) in [4.78, 5) is 13.9. The van der Waals surface area contributed by atoms with E-state index >= 15 is 0 Å². The van der Waals surface area contributed by atoms with Gasteiger partial charge in [-0.2, -0.15) is 9.97 Å². The third-order valence-electron chi connectivity index (χ3n) is 8.72. The van der Waals surface area contributed by atoms with Crippen molar-refractivity contribution in [1.82, 2.24) is 25.5 Å². The lowest BCUT2D eigenvalue weighted by molar-refractivity contribution is 0.0724. The molecule has 0 aromatic carbocycles. The molecule has 10 heteroatoms. The number of nitrogen functional groups attached to an aromatic ring is 1. The van der Waals surface area contributed by atoms with Crippen molar-refractivity contribution in [2.75, 3.05) is 88.1 Å². The summed E-state index contributed by atoms with van der Waals surface area (Å²) >= 11 is 0. The van der Waals surface area contributed by atoms with Crippen molar-refractivity contribution in [2.45, 2.75) is 82.7 Å². The van der Waals surface area contributed by atoms with Crippen molar-refractivity contribution in [3.8, 4) is 0 Å². The van der Waals surface area contributed by atoms with E-state index < -0.39 is 0 Å². The predicted molar refractivity (Wildman–Crippen MR) is 159 cm³/mol. The van der Waals surface area contributed by atoms with Crippen LogP contribution in [0, 0.1) is 5.92 Å². The zero-order valence-corrected chi connectivity index (χ0v) is 24.1. The van der Waals surface area contributed by atoms with E-state index in [0.717, 1.165) is 76.6 Å². The van der Waals surface area contributed by atoms with Gasteiger partial charge in [0.2, 0.25) is 5.95 Å². The summed E-state index contributed by atoms with van der Waals surface area (Å²) in [5, 5.41) is 19.9. The number of rotatable bonds is 16. The predicted octanol–water partition coefficient (Wildman–Crippen LogP) is 2.45. The molecule has 222 valence electrons. The topological polar surface area (TPSA) is 124 Å². The maximum absolute atomic E-state index is 8.83. The Hall–Kier alpha value is -1.72. The summed E-state index contributed by atoms with van der Waals surface area (Å²) in [6, 6.07) is 3.35. The molecule has 10 nitrogen and oxygen atoms in total. The number of hydrogen-bond donors (Lipinski definition) is 5. The number of ether oxygens (including phenoxy) is 1. The first-order chi connectivity index (χ1) is 19.2. The molecule has 0 radical (unpaired) electrons. The summed E-state index contributed by atoms with van der Waals surface area (Å²) < 4.78 is 5.40. The van der Waals surface area contributed by atoms with Crippen LogP contribution in [0.3, 0.4) is 0 Å². The van der Waals surface area contributed by atoms with E-state index in [9.17, 15) is 0 Å². The summed E-state index contributed by atoms with van der Waals surface area (Å²) in [5.41, 5.74) is 6.14. The Morgan fingerprint density at radius 3 is 2.31 bits per heavy atom. The first-order valence-corrected chi connectivity index (χ1v) is 15.7. The standard InChI is InChI=1S/C29H54N8O2/c30-27-23-28(37-17-15-36(16-18-37)19-21-39-22-20-38)35-29(34-27)33-14-11-24-7-9-26(10-8-24)32-13-4-12-31-25-5-2-1-3-6-25/h23-26,31-32,38H,1-22H2,(H3,30,33,34,35). The van der Waals surface area contributed by atoms with E-state index in [1.807, 2.05) is 6.07 Å². The molecule has 3 aliphatic rings. The number of aliphatic hydroxyl groups is 1. The van der Waals surface area contributed by atoms with Gasteiger partial charge < -0.3 is 36.4 Å². The summed E-state index contributed by atoms with van der Waals surface area (Å²) in [7, 11) is 0. The smallest absolute Gasteiger partial charge is 0.226 e. The van der Waals surface area contributed by atoms with Crippen molar-refractivity contribution < 1.29 is 9.84 Å². The van der Waals surface area contributed by atoms with Gasteiger partial charge in [0.25, 0.3) is 0 Å². The maximum Gasteiger partial charge on any atom is 0.226 e. The lowest BCUT2D eigenvalue weighted by atomic mass is 9.84. The molecular formula is C29H54N8O2. The van der Waals surface area contributed by atoms with Crippen molar-refractivity contribution >= 4 is 17.6 Å². The van der Waals surface area contributed by atoms with Crippen molar-refractivity contribution in [3.05, 3.63) is 6.07 Å². The van der Waals surface area contributed by atoms with E-state index in [2.05, 4.69) is 30.7 Å². The molecule has 2 heterocycles. The van der Waals surface area contributed by atoms with E-state index in [1.54, 1.807) is 0 Å². The number of anilines is 3. The maximum atomic E-state index is 8.83. The van der Waals surface area contributed by atoms with Gasteiger partial charge in [0.05, 0.1) is 19.8 Å². The first-order valence-electron chi connectivity index (χ1n) is 15.7. The Morgan fingerprint density at radius 2 is 1.59 bits per heavy atom. The lowest BCUT2D eigenvalue weighted by Gasteiger charge is -2.35. The Morgan fingerprint density at radius 1 is 0.872 bits per heavy atom. The highest BCUT2D eigenvalue weighted by Crippen LogP contribution is 2.27. The third kappa shape index (κ3) is 11.0. The number of aliphatic hydroxyl groups excluding tert-OH is 1. The minimum absolute atomic E-state index is 0.0798. The number of piperazine rings is 1. The minimum atomic E-state index is 0.0798. The molecule has 6 N–H and O–H groups in total. The molecule has 2 saturated carbocycles. The van der Waals surface area contributed by atoms with Crippen LogP contribution in [-0.2, 0) is 4.74 Å². The van der Waals surface area contributed by atoms with Crippen LogP contribution in [0.4, 0.5) is 17.6 Å². The van der Waals surface area contributed by atoms with E-state index in [4.69, 9.17) is 20.6 Å². The largest absolute Gasteiger partial charge is 0.394 e. The molecule has 0 bridgehead atoms. The van der Waals surface area contributed by atoms with Gasteiger partial charge in [-0.1, -0.05) is 19.3 Å². The molecule has 1 aliphatic heterocycles. The highest BCUT2D eigenvalue weighted by atomic mass is 16.5. The Kier molecular flexibility index (Phi) is 13.3. The molecule has 3 fully saturated rings. The number of nitrogens with one attached hydrogen (secondary N) is 3. The summed E-state index contributed by atoms with van der Waals surface area (Å²) in [5.74, 6) is 2.84. The van der Waals surface area contributed by atoms with Crippen LogP contribution in [0.5, 0.6) is 0 Å². The fourth-order valence-corrected chi connectivity index (χ4v) is 6.31. The van der Waals surface area contributed by atoms with E-state index in [1.165, 1.54) is 64.2 Å². The highest BCUT2D eigenvalue weighted by molar-refractivity contribution is 5.51. The number of nitrogens with zero attached hydrogens (tertiary/aromatic N) is 4. The van der Waals surface area contributed by atoms with Gasteiger partial charge in [0.15, 0.2) is 0 Å². The number of hydrogen-bond acceptors (Lipinski definition) is 10. The average molecular weight is 547 g/mol. The molecule has 0 amide bonds. The van der Waals surface area contributed by atoms with Crippen LogP contribution >= 0.6 is 0 Å². The second kappa shape index (κ2) is 17.2. The van der Waals surface area contributed by atoms with Gasteiger partial charge in [-0.05, 0) is 70.4 Å². The molecule has 0 atom stereocenters. The van der Waals surface area contributed by atoms with Gasteiger partial charge in [-0.25, -0.2) is 0 Å². The Bertz CT molecular complexity index is 793. The van der Waals surface area contributed by atoms with Crippen molar-refractivity contribution in [3.63, 3.8) is 0 Å². The van der Waals surface area contributed by atoms with Crippen LogP contribution in [0.1, 0.15) is 70.6 Å². The van der Waals surface area contributed by atoms with E-state index in [0.29, 0.717) is 31.0 Å². The summed E-state index contributed by atoms with van der Waals surface area (Å²) in [6.45, 7) is 8.96. The Balaban J connectivity index is 1.07. The van der Waals surface area contributed by atoms with Crippen molar-refractivity contribution in [2.24, 2.45) is 5.92 Å². The second-order valence-electron chi connectivity index (χ2n) is 11.7. The fourth-order valence-electron chi connectivity index (χ4n) is 6.31. The fraction of sp³-hybridized carbons (Fsp3) is 0.862. The monoisotopic (exact) mass is 546 g/mol. The molecule has 1 saturated heterocycles. The first kappa shape index (κ1) is 30.2. The molecule has 0 unspecified atom stereocenters. The van der Waals surface area contributed by atoms with Gasteiger partial charge >= 0.3 is 0 Å². The SMILES string of the molecule is Nc1cc(N2CCN(CCOCCO)CC2)nc(NCCC2CCC(NCCCNC3CCCCC3)CC2)n1. The quantitative estimate of drug-likeness (QED) is 0.198. The van der Waals surface area contributed by atoms with E-state index in [-0.39, 0.29) is 6.61 Å². The van der Waals surface area contributed by atoms with Crippen LogP contribution in [0.15, 0.2) is 6.07 Å². The molecule has 4 rings (SSSR count). The highest BCUT2D eigenvalue weighted by Gasteiger charge is 2.22. The molecule has 39 heavy (non-hydrogen) atoms. The third-order valence-corrected chi connectivity index (χ3v) is 8.72. The normalized spacial score (nSPS) is 23.3. The molecule has 0 spiro atoms. The van der Waals surface area contributed by atoms with Gasteiger partial charge in [0, 0.05) is 57.4 Å². The zero-order valence-electron chi connectivity index (χ0n) is 24.1. The second-order valence-corrected chi connectivity index (χ2v) is 11.7. The molecule has 1 aromatic heterocycles. The van der Waals surface area contributed by atoms with Crippen LogP contribution in [0.25, 0.3) is 0 Å². The van der Waals surface area contributed by atoms with Crippen LogP contribution < -0.4 is 26.6 Å². The molecule has 2 aliphatic carbocycles. The molecular weight excluding hydrogens is 492 g/mol. The zero-order chi connectivity index (χ0) is 27.1. The average Bonchev–Trinajstić information content (AvgIpc) is 2.96. The minimum Gasteiger partial charge on any atom is -0.394 e. The number of aromatic nitrogens is 2. The van der Waals surface area contributed by atoms with Crippen LogP contribution in [-0.4, -0.2) is 104 Å². The van der Waals surface area contributed by atoms with Gasteiger partial charge in [-0.15, -0.1) is 0 Å². The lowest BCUT2D eigenvalue weighted by Crippen LogP contribution is -2.47. The Labute approximate surface area is 235 Å². The number of nitrogens with two attached hydrogens (primary N) is 1. The molecule has 1 aromatic rings. The van der Waals surface area contributed by atoms with Gasteiger partial charge in [0.1, 0.15) is 11.6 Å².